The third kappa shape index (κ3) is 3.54. The van der Waals surface area contributed by atoms with Gasteiger partial charge in [-0.3, -0.25) is 4.79 Å². The minimum atomic E-state index is -0.292. The van der Waals surface area contributed by atoms with Gasteiger partial charge in [0.25, 0.3) is 5.91 Å². The van der Waals surface area contributed by atoms with Crippen molar-refractivity contribution in [1.29, 1.82) is 0 Å². The van der Waals surface area contributed by atoms with Crippen LogP contribution in [-0.4, -0.2) is 42.1 Å². The Morgan fingerprint density at radius 1 is 1.38 bits per heavy atom. The van der Waals surface area contributed by atoms with Crippen molar-refractivity contribution in [2.45, 2.75) is 13.0 Å². The van der Waals surface area contributed by atoms with Crippen LogP contribution in [0.1, 0.15) is 28.9 Å². The van der Waals surface area contributed by atoms with E-state index in [1.165, 1.54) is 12.1 Å². The van der Waals surface area contributed by atoms with E-state index in [9.17, 15) is 9.18 Å². The number of carbonyl (C=O) groups is 1. The highest BCUT2D eigenvalue weighted by Crippen LogP contribution is 2.25. The lowest BCUT2D eigenvalue weighted by molar-refractivity contribution is -0.0229. The third-order valence-corrected chi connectivity index (χ3v) is 3.88. The highest BCUT2D eigenvalue weighted by Gasteiger charge is 2.28. The quantitative estimate of drug-likeness (QED) is 0.865. The maximum absolute atomic E-state index is 13.1. The van der Waals surface area contributed by atoms with Gasteiger partial charge in [0.1, 0.15) is 17.5 Å². The Bertz CT molecular complexity index is 706. The SMILES string of the molecule is CCOc1ncccc1C(=O)N1CCOC(c2ccc(F)cc2)C1. The standard InChI is InChI=1S/C18H19FN2O3/c1-2-23-17-15(4-3-9-20-17)18(22)21-10-11-24-16(12-21)13-5-7-14(19)8-6-13/h3-9,16H,2,10-12H2,1H3. The number of hydrogen-bond donors (Lipinski definition) is 0. The lowest BCUT2D eigenvalue weighted by atomic mass is 10.1. The predicted octanol–water partition coefficient (Wildman–Crippen LogP) is 2.83. The van der Waals surface area contributed by atoms with Gasteiger partial charge in [-0.15, -0.1) is 0 Å². The van der Waals surface area contributed by atoms with Crippen LogP contribution in [0.2, 0.25) is 0 Å². The number of rotatable bonds is 4. The number of amides is 1. The van der Waals surface area contributed by atoms with Crippen LogP contribution in [-0.2, 0) is 4.74 Å². The molecule has 1 saturated heterocycles. The summed E-state index contributed by atoms with van der Waals surface area (Å²) >= 11 is 0. The minimum Gasteiger partial charge on any atom is -0.477 e. The first kappa shape index (κ1) is 16.4. The van der Waals surface area contributed by atoms with E-state index in [4.69, 9.17) is 9.47 Å². The van der Waals surface area contributed by atoms with Gasteiger partial charge in [-0.25, -0.2) is 9.37 Å². The molecule has 1 aliphatic rings. The molecular weight excluding hydrogens is 311 g/mol. The van der Waals surface area contributed by atoms with Crippen molar-refractivity contribution < 1.29 is 18.7 Å². The fourth-order valence-corrected chi connectivity index (χ4v) is 2.69. The van der Waals surface area contributed by atoms with E-state index in [1.807, 2.05) is 6.92 Å². The van der Waals surface area contributed by atoms with Crippen molar-refractivity contribution in [2.75, 3.05) is 26.3 Å². The molecule has 1 amide bonds. The molecule has 0 aliphatic carbocycles. The average molecular weight is 330 g/mol. The van der Waals surface area contributed by atoms with Gasteiger partial charge in [-0.1, -0.05) is 12.1 Å². The van der Waals surface area contributed by atoms with Crippen molar-refractivity contribution >= 4 is 5.91 Å². The van der Waals surface area contributed by atoms with Gasteiger partial charge in [0, 0.05) is 12.7 Å². The molecule has 0 saturated carbocycles. The van der Waals surface area contributed by atoms with E-state index in [-0.39, 0.29) is 17.8 Å². The Hall–Kier alpha value is -2.47. The number of pyridine rings is 1. The first-order valence-electron chi connectivity index (χ1n) is 7.93. The molecule has 1 unspecified atom stereocenters. The van der Waals surface area contributed by atoms with Crippen molar-refractivity contribution in [1.82, 2.24) is 9.88 Å². The summed E-state index contributed by atoms with van der Waals surface area (Å²) in [6.07, 6.45) is 1.33. The second-order valence-electron chi connectivity index (χ2n) is 5.45. The molecule has 24 heavy (non-hydrogen) atoms. The topological polar surface area (TPSA) is 51.7 Å². The van der Waals surface area contributed by atoms with Crippen LogP contribution in [0.3, 0.4) is 0 Å². The van der Waals surface area contributed by atoms with Gasteiger partial charge in [0.15, 0.2) is 0 Å². The number of benzene rings is 1. The summed E-state index contributed by atoms with van der Waals surface area (Å²) in [6.45, 7) is 3.63. The summed E-state index contributed by atoms with van der Waals surface area (Å²) in [5, 5.41) is 0. The zero-order chi connectivity index (χ0) is 16.9. The lowest BCUT2D eigenvalue weighted by Gasteiger charge is -2.33. The van der Waals surface area contributed by atoms with E-state index in [2.05, 4.69) is 4.98 Å². The highest BCUT2D eigenvalue weighted by atomic mass is 19.1. The largest absolute Gasteiger partial charge is 0.477 e. The summed E-state index contributed by atoms with van der Waals surface area (Å²) in [6, 6.07) is 9.59. The Balaban J connectivity index is 1.77. The molecule has 1 aromatic carbocycles. The summed E-state index contributed by atoms with van der Waals surface area (Å²) in [7, 11) is 0. The first-order valence-corrected chi connectivity index (χ1v) is 7.93. The first-order chi connectivity index (χ1) is 11.7. The van der Waals surface area contributed by atoms with Crippen LogP contribution in [0.15, 0.2) is 42.6 Å². The molecule has 0 spiro atoms. The van der Waals surface area contributed by atoms with Crippen LogP contribution in [0.25, 0.3) is 0 Å². The summed E-state index contributed by atoms with van der Waals surface area (Å²) in [5.74, 6) is -0.0870. The van der Waals surface area contributed by atoms with Gasteiger partial charge in [0.2, 0.25) is 5.88 Å². The molecule has 1 aliphatic heterocycles. The van der Waals surface area contributed by atoms with Crippen LogP contribution in [0, 0.1) is 5.82 Å². The number of aromatic nitrogens is 1. The van der Waals surface area contributed by atoms with Gasteiger partial charge < -0.3 is 14.4 Å². The number of nitrogens with zero attached hydrogens (tertiary/aromatic N) is 2. The molecule has 2 heterocycles. The number of hydrogen-bond acceptors (Lipinski definition) is 4. The predicted molar refractivity (Wildman–Crippen MR) is 86.4 cm³/mol. The normalized spacial score (nSPS) is 17.6. The van der Waals surface area contributed by atoms with Gasteiger partial charge in [-0.05, 0) is 36.8 Å². The Morgan fingerprint density at radius 2 is 2.17 bits per heavy atom. The molecule has 0 bridgehead atoms. The summed E-state index contributed by atoms with van der Waals surface area (Å²) in [4.78, 5) is 18.7. The lowest BCUT2D eigenvalue weighted by Crippen LogP contribution is -2.42. The Labute approximate surface area is 140 Å². The molecular formula is C18H19FN2O3. The monoisotopic (exact) mass is 330 g/mol. The molecule has 1 fully saturated rings. The van der Waals surface area contributed by atoms with Crippen molar-refractivity contribution in [3.8, 4) is 5.88 Å². The number of carbonyl (C=O) groups excluding carboxylic acids is 1. The van der Waals surface area contributed by atoms with E-state index in [1.54, 1.807) is 35.4 Å². The molecule has 1 atom stereocenters. The Kier molecular flexibility index (Phi) is 5.05. The fraction of sp³-hybridized carbons (Fsp3) is 0.333. The maximum Gasteiger partial charge on any atom is 0.259 e. The number of ether oxygens (including phenoxy) is 2. The van der Waals surface area contributed by atoms with Crippen molar-refractivity contribution in [2.24, 2.45) is 0 Å². The van der Waals surface area contributed by atoms with E-state index in [0.29, 0.717) is 37.7 Å². The van der Waals surface area contributed by atoms with Gasteiger partial charge >= 0.3 is 0 Å². The third-order valence-electron chi connectivity index (χ3n) is 3.88. The summed E-state index contributed by atoms with van der Waals surface area (Å²) < 4.78 is 24.2. The number of morpholine rings is 1. The van der Waals surface area contributed by atoms with Crippen LogP contribution in [0.4, 0.5) is 4.39 Å². The van der Waals surface area contributed by atoms with Gasteiger partial charge in [-0.2, -0.15) is 0 Å². The van der Waals surface area contributed by atoms with Gasteiger partial charge in [0.05, 0.1) is 19.8 Å². The van der Waals surface area contributed by atoms with Crippen LogP contribution >= 0.6 is 0 Å². The van der Waals surface area contributed by atoms with Crippen LogP contribution in [0.5, 0.6) is 5.88 Å². The average Bonchev–Trinajstić information content (AvgIpc) is 2.63. The second-order valence-corrected chi connectivity index (χ2v) is 5.45. The molecule has 0 N–H and O–H groups in total. The zero-order valence-corrected chi connectivity index (χ0v) is 13.4. The Morgan fingerprint density at radius 3 is 2.92 bits per heavy atom. The van der Waals surface area contributed by atoms with E-state index >= 15 is 0 Å². The zero-order valence-electron chi connectivity index (χ0n) is 13.4. The molecule has 3 rings (SSSR count). The van der Waals surface area contributed by atoms with E-state index in [0.717, 1.165) is 5.56 Å². The second kappa shape index (κ2) is 7.40. The molecule has 2 aromatic rings. The highest BCUT2D eigenvalue weighted by molar-refractivity contribution is 5.96. The van der Waals surface area contributed by atoms with Crippen molar-refractivity contribution in [3.63, 3.8) is 0 Å². The molecule has 6 heteroatoms. The molecule has 1 aromatic heterocycles. The number of halogens is 1. The van der Waals surface area contributed by atoms with Crippen molar-refractivity contribution in [3.05, 3.63) is 59.5 Å². The van der Waals surface area contributed by atoms with Crippen LogP contribution < -0.4 is 4.74 Å². The molecule has 126 valence electrons. The molecule has 5 nitrogen and oxygen atoms in total. The smallest absolute Gasteiger partial charge is 0.259 e. The fourth-order valence-electron chi connectivity index (χ4n) is 2.69. The molecule has 0 radical (unpaired) electrons. The minimum absolute atomic E-state index is 0.137. The maximum atomic E-state index is 13.1. The summed E-state index contributed by atoms with van der Waals surface area (Å²) in [5.41, 5.74) is 1.30. The van der Waals surface area contributed by atoms with E-state index < -0.39 is 0 Å².